The molecule has 0 aromatic carbocycles. The Kier molecular flexibility index (Phi) is 3.18. The molecule has 1 rings (SSSR count). The predicted molar refractivity (Wildman–Crippen MR) is 58.6 cm³/mol. The van der Waals surface area contributed by atoms with Gasteiger partial charge in [0.1, 0.15) is 0 Å². The normalized spacial score (nSPS) is 19.8. The Morgan fingerprint density at radius 1 is 1.15 bits per heavy atom. The molecular formula is C12H23N. The first-order valence-corrected chi connectivity index (χ1v) is 5.44. The van der Waals surface area contributed by atoms with Crippen LogP contribution >= 0.6 is 0 Å². The molecule has 1 aliphatic carbocycles. The molecule has 0 amide bonds. The molecule has 0 aliphatic heterocycles. The summed E-state index contributed by atoms with van der Waals surface area (Å²) < 4.78 is 0. The van der Waals surface area contributed by atoms with Crippen LogP contribution in [0.4, 0.5) is 0 Å². The summed E-state index contributed by atoms with van der Waals surface area (Å²) in [5.41, 5.74) is 9.23. The minimum absolute atomic E-state index is 0.0972. The molecule has 1 aliphatic rings. The van der Waals surface area contributed by atoms with Crippen LogP contribution in [0.5, 0.6) is 0 Å². The third-order valence-corrected chi connectivity index (χ3v) is 2.99. The van der Waals surface area contributed by atoms with Gasteiger partial charge in [0.05, 0.1) is 0 Å². The van der Waals surface area contributed by atoms with Gasteiger partial charge in [-0.2, -0.15) is 0 Å². The van der Waals surface area contributed by atoms with Crippen molar-refractivity contribution < 1.29 is 0 Å². The largest absolute Gasteiger partial charge is 0.322 e. The lowest BCUT2D eigenvalue weighted by molar-refractivity contribution is 0.501. The van der Waals surface area contributed by atoms with Gasteiger partial charge in [-0.15, -0.1) is 0 Å². The fourth-order valence-electron chi connectivity index (χ4n) is 2.30. The summed E-state index contributed by atoms with van der Waals surface area (Å²) in [6, 6.07) is 0. The van der Waals surface area contributed by atoms with E-state index in [0.29, 0.717) is 5.92 Å². The summed E-state index contributed by atoms with van der Waals surface area (Å²) in [7, 11) is 0. The molecule has 76 valence electrons. The van der Waals surface area contributed by atoms with Crippen molar-refractivity contribution in [1.82, 2.24) is 0 Å². The van der Waals surface area contributed by atoms with E-state index >= 15 is 0 Å². The lowest BCUT2D eigenvalue weighted by Gasteiger charge is -2.32. The molecule has 0 atom stereocenters. The summed E-state index contributed by atoms with van der Waals surface area (Å²) in [6.07, 6.45) is 5.17. The van der Waals surface area contributed by atoms with Gasteiger partial charge in [-0.1, -0.05) is 25.0 Å². The average Bonchev–Trinajstić information content (AvgIpc) is 2.03. The molecule has 1 heteroatoms. The minimum Gasteiger partial charge on any atom is -0.322 e. The van der Waals surface area contributed by atoms with Crippen LogP contribution in [0.1, 0.15) is 53.4 Å². The SMILES string of the molecule is CC(C)C1=C(C(C)(C)N)CCCC1. The Balaban J connectivity index is 2.97. The lowest BCUT2D eigenvalue weighted by atomic mass is 9.78. The van der Waals surface area contributed by atoms with Crippen LogP contribution in [0, 0.1) is 5.92 Å². The monoisotopic (exact) mass is 181 g/mol. The summed E-state index contributed by atoms with van der Waals surface area (Å²) in [5, 5.41) is 0. The van der Waals surface area contributed by atoms with Crippen LogP contribution in [0.15, 0.2) is 11.1 Å². The molecule has 0 fully saturated rings. The highest BCUT2D eigenvalue weighted by Crippen LogP contribution is 2.34. The molecule has 0 spiro atoms. The maximum Gasteiger partial charge on any atom is 0.0314 e. The van der Waals surface area contributed by atoms with E-state index < -0.39 is 0 Å². The van der Waals surface area contributed by atoms with Gasteiger partial charge in [-0.3, -0.25) is 0 Å². The van der Waals surface area contributed by atoms with Crippen molar-refractivity contribution in [3.8, 4) is 0 Å². The van der Waals surface area contributed by atoms with E-state index in [1.807, 2.05) is 0 Å². The number of hydrogen-bond acceptors (Lipinski definition) is 1. The molecular weight excluding hydrogens is 158 g/mol. The van der Waals surface area contributed by atoms with Crippen molar-refractivity contribution in [1.29, 1.82) is 0 Å². The van der Waals surface area contributed by atoms with Crippen LogP contribution < -0.4 is 5.73 Å². The van der Waals surface area contributed by atoms with Gasteiger partial charge in [-0.25, -0.2) is 0 Å². The Hall–Kier alpha value is -0.300. The van der Waals surface area contributed by atoms with Gasteiger partial charge in [0.25, 0.3) is 0 Å². The second-order valence-corrected chi connectivity index (χ2v) is 5.09. The third-order valence-electron chi connectivity index (χ3n) is 2.99. The van der Waals surface area contributed by atoms with Gasteiger partial charge in [0.2, 0.25) is 0 Å². The van der Waals surface area contributed by atoms with Crippen molar-refractivity contribution in [3.05, 3.63) is 11.1 Å². The second-order valence-electron chi connectivity index (χ2n) is 5.09. The van der Waals surface area contributed by atoms with Crippen LogP contribution in [0.25, 0.3) is 0 Å². The smallest absolute Gasteiger partial charge is 0.0314 e. The quantitative estimate of drug-likeness (QED) is 0.650. The van der Waals surface area contributed by atoms with Crippen molar-refractivity contribution in [2.24, 2.45) is 11.7 Å². The van der Waals surface area contributed by atoms with E-state index in [4.69, 9.17) is 5.73 Å². The molecule has 0 radical (unpaired) electrons. The highest BCUT2D eigenvalue weighted by atomic mass is 14.7. The van der Waals surface area contributed by atoms with Crippen molar-refractivity contribution in [2.45, 2.75) is 58.9 Å². The van der Waals surface area contributed by atoms with Gasteiger partial charge < -0.3 is 5.73 Å². The zero-order valence-corrected chi connectivity index (χ0v) is 9.48. The number of hydrogen-bond donors (Lipinski definition) is 1. The van der Waals surface area contributed by atoms with Gasteiger partial charge in [-0.05, 0) is 45.4 Å². The molecule has 0 aromatic heterocycles. The highest BCUT2D eigenvalue weighted by molar-refractivity contribution is 5.27. The maximum atomic E-state index is 6.18. The summed E-state index contributed by atoms with van der Waals surface area (Å²) in [6.45, 7) is 8.84. The molecule has 0 unspecified atom stereocenters. The van der Waals surface area contributed by atoms with Crippen molar-refractivity contribution in [3.63, 3.8) is 0 Å². The summed E-state index contributed by atoms with van der Waals surface area (Å²) in [5.74, 6) is 0.679. The fourth-order valence-corrected chi connectivity index (χ4v) is 2.30. The number of nitrogens with two attached hydrogens (primary N) is 1. The Morgan fingerprint density at radius 3 is 2.08 bits per heavy atom. The molecule has 13 heavy (non-hydrogen) atoms. The van der Waals surface area contributed by atoms with Gasteiger partial charge in [0.15, 0.2) is 0 Å². The average molecular weight is 181 g/mol. The lowest BCUT2D eigenvalue weighted by Crippen LogP contribution is -2.36. The summed E-state index contributed by atoms with van der Waals surface area (Å²) >= 11 is 0. The second kappa shape index (κ2) is 3.83. The fraction of sp³-hybridized carbons (Fsp3) is 0.833. The van der Waals surface area contributed by atoms with Crippen LogP contribution in [-0.4, -0.2) is 5.54 Å². The zero-order valence-electron chi connectivity index (χ0n) is 9.48. The van der Waals surface area contributed by atoms with Crippen molar-refractivity contribution >= 4 is 0 Å². The zero-order chi connectivity index (χ0) is 10.1. The van der Waals surface area contributed by atoms with E-state index in [9.17, 15) is 0 Å². The van der Waals surface area contributed by atoms with Crippen LogP contribution in [0.3, 0.4) is 0 Å². The Labute approximate surface area is 82.4 Å². The molecule has 0 bridgehead atoms. The first-order valence-electron chi connectivity index (χ1n) is 5.44. The van der Waals surface area contributed by atoms with Gasteiger partial charge >= 0.3 is 0 Å². The van der Waals surface area contributed by atoms with E-state index in [0.717, 1.165) is 0 Å². The molecule has 1 nitrogen and oxygen atoms in total. The van der Waals surface area contributed by atoms with Gasteiger partial charge in [0, 0.05) is 5.54 Å². The van der Waals surface area contributed by atoms with Crippen LogP contribution in [0.2, 0.25) is 0 Å². The third kappa shape index (κ3) is 2.57. The molecule has 2 N–H and O–H groups in total. The minimum atomic E-state index is -0.0972. The number of allylic oxidation sites excluding steroid dienone is 1. The molecule has 0 heterocycles. The van der Waals surface area contributed by atoms with Crippen LogP contribution in [-0.2, 0) is 0 Å². The maximum absolute atomic E-state index is 6.18. The summed E-state index contributed by atoms with van der Waals surface area (Å²) in [4.78, 5) is 0. The first-order chi connectivity index (χ1) is 5.93. The van der Waals surface area contributed by atoms with E-state index in [-0.39, 0.29) is 5.54 Å². The first kappa shape index (κ1) is 10.8. The van der Waals surface area contributed by atoms with E-state index in [1.54, 1.807) is 5.57 Å². The molecule has 0 aromatic rings. The molecule has 0 saturated carbocycles. The molecule has 0 saturated heterocycles. The Morgan fingerprint density at radius 2 is 1.69 bits per heavy atom. The number of rotatable bonds is 2. The highest BCUT2D eigenvalue weighted by Gasteiger charge is 2.24. The Bertz CT molecular complexity index is 206. The van der Waals surface area contributed by atoms with E-state index in [2.05, 4.69) is 27.7 Å². The van der Waals surface area contributed by atoms with Crippen molar-refractivity contribution in [2.75, 3.05) is 0 Å². The topological polar surface area (TPSA) is 26.0 Å². The predicted octanol–water partition coefficient (Wildman–Crippen LogP) is 3.25. The van der Waals surface area contributed by atoms with E-state index in [1.165, 1.54) is 31.3 Å². The standard InChI is InChI=1S/C12H23N/c1-9(2)10-7-5-6-8-11(10)12(3,4)13/h9H,5-8,13H2,1-4H3.